The lowest BCUT2D eigenvalue weighted by Crippen LogP contribution is -2.19. The maximum Gasteiger partial charge on any atom is 0.199 e. The van der Waals surface area contributed by atoms with Gasteiger partial charge in [-0.15, -0.1) is 6.58 Å². The second-order valence-corrected chi connectivity index (χ2v) is 5.67. The molecule has 0 saturated heterocycles. The van der Waals surface area contributed by atoms with Crippen molar-refractivity contribution in [3.8, 4) is 0 Å². The lowest BCUT2D eigenvalue weighted by Gasteiger charge is -2.15. The first-order valence-corrected chi connectivity index (χ1v) is 8.91. The highest BCUT2D eigenvalue weighted by Crippen LogP contribution is 2.15. The van der Waals surface area contributed by atoms with E-state index in [4.69, 9.17) is 0 Å². The van der Waals surface area contributed by atoms with Crippen molar-refractivity contribution in [2.45, 2.75) is 34.1 Å². The third-order valence-corrected chi connectivity index (χ3v) is 4.27. The smallest absolute Gasteiger partial charge is 0.199 e. The molecule has 1 rings (SSSR count). The summed E-state index contributed by atoms with van der Waals surface area (Å²) in [5.41, 5.74) is 2.56. The Hall–Kier alpha value is -1.83. The number of hydrogen-bond donors (Lipinski definition) is 0. The fourth-order valence-corrected chi connectivity index (χ4v) is 2.67. The van der Waals surface area contributed by atoms with Gasteiger partial charge in [0.1, 0.15) is 13.1 Å². The van der Waals surface area contributed by atoms with Crippen molar-refractivity contribution in [2.24, 2.45) is 5.92 Å². The quantitative estimate of drug-likeness (QED) is 0.446. The zero-order chi connectivity index (χ0) is 17.1. The summed E-state index contributed by atoms with van der Waals surface area (Å²) in [7, 11) is 0. The van der Waals surface area contributed by atoms with E-state index >= 15 is 0 Å². The Morgan fingerprint density at radius 3 is 2.13 bits per heavy atom. The summed E-state index contributed by atoms with van der Waals surface area (Å²) in [6.07, 6.45) is 18.6. The van der Waals surface area contributed by atoms with Crippen molar-refractivity contribution in [1.82, 2.24) is 4.90 Å². The molecule has 1 unspecified atom stereocenters. The molecular weight excluding hydrogens is 280 g/mol. The second kappa shape index (κ2) is 10.8. The molecule has 1 aliphatic rings. The average Bonchev–Trinajstić information content (AvgIpc) is 2.60. The normalized spacial score (nSPS) is 15.1. The van der Waals surface area contributed by atoms with Gasteiger partial charge in [-0.1, -0.05) is 18.2 Å². The highest BCUT2D eigenvalue weighted by molar-refractivity contribution is 6.02. The number of allylic oxidation sites excluding steroid dienone is 8. The lowest BCUT2D eigenvalue weighted by molar-refractivity contribution is -0.519. The van der Waals surface area contributed by atoms with Gasteiger partial charge < -0.3 is 4.90 Å². The molecule has 0 N–H and O–H groups in total. The Morgan fingerprint density at radius 1 is 1.04 bits per heavy atom. The van der Waals surface area contributed by atoms with E-state index in [0.717, 1.165) is 32.6 Å². The van der Waals surface area contributed by atoms with E-state index in [1.54, 1.807) is 0 Å². The molecule has 1 aliphatic carbocycles. The summed E-state index contributed by atoms with van der Waals surface area (Å²) in [5.74, 6) is 0.376. The molecule has 0 aliphatic heterocycles. The monoisotopic (exact) mass is 313 g/mol. The first-order chi connectivity index (χ1) is 11.2. The third-order valence-electron chi connectivity index (χ3n) is 4.27. The molecule has 0 amide bonds. The van der Waals surface area contributed by atoms with Crippen LogP contribution in [-0.2, 0) is 0 Å². The van der Waals surface area contributed by atoms with Gasteiger partial charge >= 0.3 is 0 Å². The van der Waals surface area contributed by atoms with Gasteiger partial charge in [-0.2, -0.15) is 0 Å². The van der Waals surface area contributed by atoms with Crippen molar-refractivity contribution < 1.29 is 4.58 Å². The number of hydrogen-bond acceptors (Lipinski definition) is 1. The van der Waals surface area contributed by atoms with Crippen molar-refractivity contribution in [1.29, 1.82) is 0 Å². The zero-order valence-corrected chi connectivity index (χ0v) is 15.3. The highest BCUT2D eigenvalue weighted by Gasteiger charge is 2.09. The average molecular weight is 314 g/mol. The molecule has 126 valence electrons. The van der Waals surface area contributed by atoms with E-state index in [2.05, 4.69) is 86.4 Å². The maximum atomic E-state index is 3.98. The molecule has 0 saturated carbocycles. The molecule has 0 bridgehead atoms. The summed E-state index contributed by atoms with van der Waals surface area (Å²) in [5, 5.41) is 0. The van der Waals surface area contributed by atoms with Crippen LogP contribution in [0.25, 0.3) is 0 Å². The van der Waals surface area contributed by atoms with Crippen LogP contribution < -0.4 is 0 Å². The van der Waals surface area contributed by atoms with Crippen LogP contribution in [0.4, 0.5) is 0 Å². The SMILES string of the molecule is C=CC(C=C1C=CC(=[N+](CC)CC)C=C1)C/C=C/N(CC)CC. The molecule has 23 heavy (non-hydrogen) atoms. The van der Waals surface area contributed by atoms with Crippen LogP contribution in [0.3, 0.4) is 0 Å². The maximum absolute atomic E-state index is 3.98. The van der Waals surface area contributed by atoms with E-state index in [9.17, 15) is 0 Å². The summed E-state index contributed by atoms with van der Waals surface area (Å²) in [6.45, 7) is 16.9. The fraction of sp³-hybridized carbons (Fsp3) is 0.476. The molecule has 2 nitrogen and oxygen atoms in total. The van der Waals surface area contributed by atoms with Gasteiger partial charge in [0, 0.05) is 25.2 Å². The molecule has 0 aromatic heterocycles. The molecule has 2 heteroatoms. The molecule has 0 aromatic carbocycles. The Balaban J connectivity index is 2.71. The van der Waals surface area contributed by atoms with Gasteiger partial charge in [-0.05, 0) is 64.0 Å². The van der Waals surface area contributed by atoms with Gasteiger partial charge in [-0.3, -0.25) is 0 Å². The van der Waals surface area contributed by atoms with Crippen LogP contribution >= 0.6 is 0 Å². The fourth-order valence-electron chi connectivity index (χ4n) is 2.67. The minimum absolute atomic E-state index is 0.376. The summed E-state index contributed by atoms with van der Waals surface area (Å²) in [4.78, 5) is 2.30. The van der Waals surface area contributed by atoms with E-state index < -0.39 is 0 Å². The molecule has 1 atom stereocenters. The topological polar surface area (TPSA) is 6.25 Å². The van der Waals surface area contributed by atoms with Crippen LogP contribution in [0, 0.1) is 5.92 Å². The van der Waals surface area contributed by atoms with Gasteiger partial charge in [0.15, 0.2) is 5.71 Å². The first-order valence-electron chi connectivity index (χ1n) is 8.91. The summed E-state index contributed by atoms with van der Waals surface area (Å²) >= 11 is 0. The van der Waals surface area contributed by atoms with E-state index in [1.807, 2.05) is 6.08 Å². The molecular formula is C21H33N2+. The van der Waals surface area contributed by atoms with Crippen molar-refractivity contribution in [2.75, 3.05) is 26.2 Å². The van der Waals surface area contributed by atoms with E-state index in [-0.39, 0.29) is 0 Å². The Labute approximate surface area is 142 Å². The van der Waals surface area contributed by atoms with Gasteiger partial charge in [0.2, 0.25) is 0 Å². The van der Waals surface area contributed by atoms with Crippen LogP contribution in [-0.4, -0.2) is 41.4 Å². The highest BCUT2D eigenvalue weighted by atomic mass is 15.1. The predicted octanol–water partition coefficient (Wildman–Crippen LogP) is 4.58. The van der Waals surface area contributed by atoms with Gasteiger partial charge in [0.25, 0.3) is 0 Å². The molecule has 0 radical (unpaired) electrons. The summed E-state index contributed by atoms with van der Waals surface area (Å²) in [6, 6.07) is 0. The van der Waals surface area contributed by atoms with Crippen molar-refractivity contribution in [3.63, 3.8) is 0 Å². The number of nitrogens with zero attached hydrogens (tertiary/aromatic N) is 2. The predicted molar refractivity (Wildman–Crippen MR) is 103 cm³/mol. The minimum Gasteiger partial charge on any atom is -0.378 e. The second-order valence-electron chi connectivity index (χ2n) is 5.67. The van der Waals surface area contributed by atoms with Gasteiger partial charge in [-0.25, -0.2) is 4.58 Å². The van der Waals surface area contributed by atoms with Crippen LogP contribution in [0.15, 0.2) is 60.9 Å². The van der Waals surface area contributed by atoms with Crippen molar-refractivity contribution in [3.05, 3.63) is 60.9 Å². The standard InChI is InChI=1S/C21H33N2/c1-6-19(12-11-17-22(7-2)8-3)18-20-13-15-21(16-14-20)23(9-4)10-5/h6,11,13-19H,1,7-10,12H2,2-5H3/q+1/b17-11+. The Bertz CT molecular complexity index is 490. The summed E-state index contributed by atoms with van der Waals surface area (Å²) < 4.78 is 2.36. The Morgan fingerprint density at radius 2 is 1.65 bits per heavy atom. The van der Waals surface area contributed by atoms with Crippen LogP contribution in [0.1, 0.15) is 34.1 Å². The van der Waals surface area contributed by atoms with E-state index in [0.29, 0.717) is 5.92 Å². The number of rotatable bonds is 9. The zero-order valence-electron chi connectivity index (χ0n) is 15.3. The third kappa shape index (κ3) is 6.43. The first kappa shape index (κ1) is 19.2. The van der Waals surface area contributed by atoms with E-state index in [1.165, 1.54) is 11.3 Å². The molecule has 0 heterocycles. The minimum atomic E-state index is 0.376. The van der Waals surface area contributed by atoms with Gasteiger partial charge in [0.05, 0.1) is 0 Å². The Kier molecular flexibility index (Phi) is 9.04. The van der Waals surface area contributed by atoms with Crippen molar-refractivity contribution >= 4 is 5.71 Å². The molecule has 0 spiro atoms. The largest absolute Gasteiger partial charge is 0.378 e. The van der Waals surface area contributed by atoms with Crippen LogP contribution in [0.5, 0.6) is 0 Å². The lowest BCUT2D eigenvalue weighted by atomic mass is 9.99. The molecule has 0 aromatic rings. The molecule has 0 fully saturated rings. The van der Waals surface area contributed by atoms with Crippen LogP contribution in [0.2, 0.25) is 0 Å².